The maximum absolute atomic E-state index is 12.6. The Bertz CT molecular complexity index is 1080. The maximum Gasteiger partial charge on any atom is 0.241 e. The molecule has 2 aromatic carbocycles. The molecule has 6 nitrogen and oxygen atoms in total. The van der Waals surface area contributed by atoms with E-state index in [2.05, 4.69) is 51.5 Å². The smallest absolute Gasteiger partial charge is 0.241 e. The molecular formula is C27H34N4O2S. The van der Waals surface area contributed by atoms with Gasteiger partial charge in [0.1, 0.15) is 0 Å². The molecule has 0 saturated carbocycles. The molecule has 0 aliphatic carbocycles. The Labute approximate surface area is 206 Å². The fourth-order valence-corrected chi connectivity index (χ4v) is 5.32. The summed E-state index contributed by atoms with van der Waals surface area (Å²) in [5.41, 5.74) is 4.88. The Balaban J connectivity index is 1.12. The average molecular weight is 479 g/mol. The van der Waals surface area contributed by atoms with E-state index in [-0.39, 0.29) is 11.8 Å². The predicted molar refractivity (Wildman–Crippen MR) is 137 cm³/mol. The van der Waals surface area contributed by atoms with Crippen LogP contribution in [0.2, 0.25) is 0 Å². The van der Waals surface area contributed by atoms with E-state index >= 15 is 0 Å². The number of rotatable bonds is 10. The lowest BCUT2D eigenvalue weighted by Gasteiger charge is -2.30. The zero-order valence-corrected chi connectivity index (χ0v) is 20.9. The van der Waals surface area contributed by atoms with Crippen LogP contribution in [0.1, 0.15) is 41.8 Å². The number of hydrogen-bond acceptors (Lipinski definition) is 6. The van der Waals surface area contributed by atoms with E-state index in [1.54, 1.807) is 0 Å². The van der Waals surface area contributed by atoms with Gasteiger partial charge in [-0.2, -0.15) is 16.7 Å². The summed E-state index contributed by atoms with van der Waals surface area (Å²) in [7, 11) is 0. The van der Waals surface area contributed by atoms with Crippen LogP contribution in [0.5, 0.6) is 0 Å². The third-order valence-electron chi connectivity index (χ3n) is 6.45. The lowest BCUT2D eigenvalue weighted by atomic mass is 9.96. The quantitative estimate of drug-likeness (QED) is 0.413. The topological polar surface area (TPSA) is 71.3 Å². The first-order chi connectivity index (χ1) is 16.6. The van der Waals surface area contributed by atoms with Gasteiger partial charge in [0.2, 0.25) is 17.6 Å². The number of nitrogens with zero attached hydrogens (tertiary/aromatic N) is 3. The summed E-state index contributed by atoms with van der Waals surface area (Å²) in [5.74, 6) is 3.65. The minimum absolute atomic E-state index is 0.0982. The monoisotopic (exact) mass is 478 g/mol. The van der Waals surface area contributed by atoms with Gasteiger partial charge in [0, 0.05) is 23.8 Å². The maximum atomic E-state index is 12.6. The molecule has 1 amide bonds. The molecule has 3 aromatic rings. The number of thioether (sulfide) groups is 1. The van der Waals surface area contributed by atoms with E-state index in [1.807, 2.05) is 43.0 Å². The van der Waals surface area contributed by atoms with Gasteiger partial charge in [-0.15, -0.1) is 0 Å². The molecule has 1 aliphatic heterocycles. The number of likely N-dealkylation sites (tertiary alicyclic amines) is 1. The van der Waals surface area contributed by atoms with E-state index in [9.17, 15) is 4.79 Å². The molecule has 4 rings (SSSR count). The van der Waals surface area contributed by atoms with Gasteiger partial charge in [-0.05, 0) is 68.6 Å². The minimum atomic E-state index is 0.0982. The normalized spacial score (nSPS) is 14.9. The van der Waals surface area contributed by atoms with Crippen molar-refractivity contribution in [1.29, 1.82) is 0 Å². The molecule has 0 atom stereocenters. The summed E-state index contributed by atoms with van der Waals surface area (Å²) in [5, 5.41) is 7.30. The summed E-state index contributed by atoms with van der Waals surface area (Å²) < 4.78 is 5.49. The van der Waals surface area contributed by atoms with Crippen molar-refractivity contribution >= 4 is 17.7 Å². The fraction of sp³-hybridized carbons (Fsp3) is 0.444. The zero-order valence-electron chi connectivity index (χ0n) is 20.1. The van der Waals surface area contributed by atoms with Gasteiger partial charge in [0.25, 0.3) is 0 Å². The number of aryl methyl sites for hydroxylation is 2. The van der Waals surface area contributed by atoms with Gasteiger partial charge >= 0.3 is 0 Å². The highest BCUT2D eigenvalue weighted by Crippen LogP contribution is 2.22. The molecule has 180 valence electrons. The first-order valence-electron chi connectivity index (χ1n) is 12.1. The molecule has 0 bridgehead atoms. The molecule has 1 aliphatic rings. The largest absolute Gasteiger partial charge is 0.356 e. The van der Waals surface area contributed by atoms with Crippen LogP contribution in [-0.4, -0.2) is 46.3 Å². The number of carbonyl (C=O) groups is 1. The number of piperidine rings is 1. The van der Waals surface area contributed by atoms with Gasteiger partial charge in [-0.1, -0.05) is 53.7 Å². The van der Waals surface area contributed by atoms with Crippen molar-refractivity contribution in [3.05, 3.63) is 71.1 Å². The van der Waals surface area contributed by atoms with Crippen molar-refractivity contribution in [3.8, 4) is 11.4 Å². The Kier molecular flexibility index (Phi) is 8.77. The van der Waals surface area contributed by atoms with Crippen LogP contribution in [0.15, 0.2) is 53.1 Å². The fourth-order valence-electron chi connectivity index (χ4n) is 4.28. The Morgan fingerprint density at radius 2 is 1.82 bits per heavy atom. The van der Waals surface area contributed by atoms with Crippen LogP contribution < -0.4 is 5.32 Å². The number of carbonyl (C=O) groups excluding carboxylic acids is 1. The van der Waals surface area contributed by atoms with Crippen molar-refractivity contribution in [2.45, 2.75) is 45.4 Å². The van der Waals surface area contributed by atoms with Crippen molar-refractivity contribution in [2.24, 2.45) is 5.92 Å². The molecule has 1 fully saturated rings. The van der Waals surface area contributed by atoms with Crippen LogP contribution >= 0.6 is 11.8 Å². The van der Waals surface area contributed by atoms with E-state index in [0.717, 1.165) is 61.5 Å². The molecular weight excluding hydrogens is 444 g/mol. The standard InChI is InChI=1S/C27H34N4O2S/c1-20-8-3-5-10-23(20)19-34-17-7-14-28-27(32)22-12-15-31(16-13-22)18-25-29-26(30-33-25)24-11-6-4-9-21(24)2/h3-6,8-11,22H,7,12-19H2,1-2H3,(H,28,32). The number of nitrogens with one attached hydrogen (secondary N) is 1. The second-order valence-electron chi connectivity index (χ2n) is 9.00. The van der Waals surface area contributed by atoms with Crippen LogP contribution in [0.25, 0.3) is 11.4 Å². The number of benzene rings is 2. The summed E-state index contributed by atoms with van der Waals surface area (Å²) in [6, 6.07) is 16.6. The lowest BCUT2D eigenvalue weighted by Crippen LogP contribution is -2.40. The van der Waals surface area contributed by atoms with Crippen LogP contribution in [0.3, 0.4) is 0 Å². The van der Waals surface area contributed by atoms with Crippen molar-refractivity contribution in [3.63, 3.8) is 0 Å². The van der Waals surface area contributed by atoms with Gasteiger partial charge in [-0.25, -0.2) is 0 Å². The number of hydrogen-bond donors (Lipinski definition) is 1. The number of amides is 1. The van der Waals surface area contributed by atoms with E-state index in [4.69, 9.17) is 4.52 Å². The Morgan fingerprint density at radius 1 is 1.09 bits per heavy atom. The predicted octanol–water partition coefficient (Wildman–Crippen LogP) is 5.01. The van der Waals surface area contributed by atoms with E-state index in [0.29, 0.717) is 18.3 Å². The molecule has 0 spiro atoms. The molecule has 2 heterocycles. The summed E-state index contributed by atoms with van der Waals surface area (Å²) in [4.78, 5) is 19.4. The van der Waals surface area contributed by atoms with Crippen LogP contribution in [0, 0.1) is 19.8 Å². The first kappa shape index (κ1) is 24.5. The van der Waals surface area contributed by atoms with E-state index < -0.39 is 0 Å². The second kappa shape index (κ2) is 12.2. The van der Waals surface area contributed by atoms with Crippen LogP contribution in [0.4, 0.5) is 0 Å². The zero-order chi connectivity index (χ0) is 23.8. The molecule has 34 heavy (non-hydrogen) atoms. The summed E-state index contributed by atoms with van der Waals surface area (Å²) >= 11 is 1.93. The Morgan fingerprint density at radius 3 is 2.59 bits per heavy atom. The lowest BCUT2D eigenvalue weighted by molar-refractivity contribution is -0.126. The van der Waals surface area contributed by atoms with Gasteiger partial charge in [0.15, 0.2) is 0 Å². The average Bonchev–Trinajstić information content (AvgIpc) is 3.31. The summed E-state index contributed by atoms with van der Waals surface area (Å²) in [6.45, 7) is 7.32. The SMILES string of the molecule is Cc1ccccc1CSCCCNC(=O)C1CCN(Cc2nc(-c3ccccc3C)no2)CC1. The molecule has 1 saturated heterocycles. The molecule has 1 aromatic heterocycles. The first-order valence-corrected chi connectivity index (χ1v) is 13.3. The second-order valence-corrected chi connectivity index (χ2v) is 10.1. The van der Waals surface area contributed by atoms with E-state index in [1.165, 1.54) is 11.1 Å². The van der Waals surface area contributed by atoms with Gasteiger partial charge in [-0.3, -0.25) is 9.69 Å². The van der Waals surface area contributed by atoms with Crippen molar-refractivity contribution in [2.75, 3.05) is 25.4 Å². The van der Waals surface area contributed by atoms with Crippen molar-refractivity contribution in [1.82, 2.24) is 20.4 Å². The van der Waals surface area contributed by atoms with Gasteiger partial charge in [0.05, 0.1) is 6.54 Å². The third-order valence-corrected chi connectivity index (χ3v) is 7.55. The molecule has 0 unspecified atom stereocenters. The van der Waals surface area contributed by atoms with Gasteiger partial charge < -0.3 is 9.84 Å². The molecule has 7 heteroatoms. The highest BCUT2D eigenvalue weighted by Gasteiger charge is 2.25. The Hall–Kier alpha value is -2.64. The number of aromatic nitrogens is 2. The third kappa shape index (κ3) is 6.70. The molecule has 1 N–H and O–H groups in total. The van der Waals surface area contributed by atoms with Crippen molar-refractivity contribution < 1.29 is 9.32 Å². The molecule has 0 radical (unpaired) electrons. The van der Waals surface area contributed by atoms with Crippen LogP contribution in [-0.2, 0) is 17.1 Å². The highest BCUT2D eigenvalue weighted by atomic mass is 32.2. The highest BCUT2D eigenvalue weighted by molar-refractivity contribution is 7.98. The minimum Gasteiger partial charge on any atom is -0.356 e. The summed E-state index contributed by atoms with van der Waals surface area (Å²) in [6.07, 6.45) is 2.74.